The lowest BCUT2D eigenvalue weighted by Crippen LogP contribution is -2.37. The van der Waals surface area contributed by atoms with E-state index < -0.39 is 0 Å². The molecular weight excluding hydrogens is 380 g/mol. The van der Waals surface area contributed by atoms with Crippen molar-refractivity contribution in [3.05, 3.63) is 48.6 Å². The number of allylic oxidation sites excluding steroid dienone is 4. The van der Waals surface area contributed by atoms with Crippen LogP contribution in [0.25, 0.3) is 0 Å². The maximum absolute atomic E-state index is 13.3. The highest BCUT2D eigenvalue weighted by atomic mass is 16.2. The third kappa shape index (κ3) is 1.77. The van der Waals surface area contributed by atoms with Gasteiger partial charge in [-0.25, -0.2) is 9.80 Å². The normalized spacial score (nSPS) is 42.3. The van der Waals surface area contributed by atoms with E-state index in [0.29, 0.717) is 11.4 Å². The Bertz CT molecular complexity index is 973. The van der Waals surface area contributed by atoms with Crippen LogP contribution in [-0.2, 0) is 19.2 Å². The van der Waals surface area contributed by atoms with Gasteiger partial charge >= 0.3 is 0 Å². The molecule has 1 aromatic rings. The molecule has 8 atom stereocenters. The first-order valence-corrected chi connectivity index (χ1v) is 10.8. The molecule has 150 valence electrons. The van der Waals surface area contributed by atoms with Gasteiger partial charge in [-0.2, -0.15) is 0 Å². The van der Waals surface area contributed by atoms with E-state index in [-0.39, 0.29) is 71.0 Å². The maximum atomic E-state index is 13.3. The predicted octanol–water partition coefficient (Wildman–Crippen LogP) is 2.31. The Hall–Kier alpha value is -3.02. The summed E-state index contributed by atoms with van der Waals surface area (Å²) >= 11 is 0. The number of anilines is 2. The lowest BCUT2D eigenvalue weighted by atomic mass is 9.85. The third-order valence-electron chi connectivity index (χ3n) is 8.30. The van der Waals surface area contributed by atoms with Gasteiger partial charge in [0.25, 0.3) is 0 Å². The van der Waals surface area contributed by atoms with Crippen molar-refractivity contribution in [1.29, 1.82) is 0 Å². The Morgan fingerprint density at radius 2 is 0.833 bits per heavy atom. The van der Waals surface area contributed by atoms with Crippen molar-refractivity contribution in [3.8, 4) is 0 Å². The molecule has 6 heteroatoms. The Labute approximate surface area is 173 Å². The third-order valence-corrected chi connectivity index (χ3v) is 8.30. The number of hydrogen-bond donors (Lipinski definition) is 0. The van der Waals surface area contributed by atoms with Crippen LogP contribution in [0.2, 0.25) is 0 Å². The highest BCUT2D eigenvalue weighted by molar-refractivity contribution is 6.28. The average molecular weight is 400 g/mol. The zero-order chi connectivity index (χ0) is 20.3. The number of hydrogen-bond acceptors (Lipinski definition) is 4. The zero-order valence-corrected chi connectivity index (χ0v) is 16.2. The summed E-state index contributed by atoms with van der Waals surface area (Å²) in [6.07, 6.45) is 9.97. The second kappa shape index (κ2) is 5.36. The molecule has 0 aromatic heterocycles. The van der Waals surface area contributed by atoms with E-state index in [2.05, 4.69) is 24.3 Å². The molecule has 4 amide bonds. The standard InChI is InChI=1S/C24H20N2O4/c27-21-17-11-5-6-12(9-11)18(17)22(28)25(21)15-3-1-2-4-16(15)26-23(29)19-13-7-8-14(10-13)20(19)24(26)30/h1-8,11-14,17-20H,9-10H2/t11-,12-,13-,14-,17-,18-,19-,20+/m0/s1. The number of carbonyl (C=O) groups excluding carboxylic acids is 4. The molecule has 2 heterocycles. The van der Waals surface area contributed by atoms with E-state index in [1.807, 2.05) is 0 Å². The number of benzene rings is 1. The van der Waals surface area contributed by atoms with Crippen LogP contribution in [-0.4, -0.2) is 23.6 Å². The molecule has 0 unspecified atom stereocenters. The summed E-state index contributed by atoms with van der Waals surface area (Å²) in [7, 11) is 0. The number of imide groups is 2. The van der Waals surface area contributed by atoms with Crippen LogP contribution in [0.15, 0.2) is 48.6 Å². The van der Waals surface area contributed by atoms with Gasteiger partial charge in [-0.3, -0.25) is 19.2 Å². The molecule has 0 spiro atoms. The van der Waals surface area contributed by atoms with Crippen LogP contribution in [0.4, 0.5) is 11.4 Å². The second-order valence-electron chi connectivity index (χ2n) is 9.51. The number of rotatable bonds is 2. The highest BCUT2D eigenvalue weighted by Crippen LogP contribution is 2.56. The minimum absolute atomic E-state index is 0.115. The minimum Gasteiger partial charge on any atom is -0.274 e. The van der Waals surface area contributed by atoms with Gasteiger partial charge in [0, 0.05) is 0 Å². The number of carbonyl (C=O) groups is 4. The van der Waals surface area contributed by atoms with Crippen LogP contribution in [0.1, 0.15) is 12.8 Å². The largest absolute Gasteiger partial charge is 0.274 e. The molecule has 2 saturated heterocycles. The molecule has 7 rings (SSSR count). The topological polar surface area (TPSA) is 74.8 Å². The summed E-state index contributed by atoms with van der Waals surface area (Å²) < 4.78 is 0. The smallest absolute Gasteiger partial charge is 0.238 e. The van der Waals surface area contributed by atoms with Gasteiger partial charge in [0.1, 0.15) is 0 Å². The van der Waals surface area contributed by atoms with Gasteiger partial charge in [-0.1, -0.05) is 36.4 Å². The van der Waals surface area contributed by atoms with Gasteiger partial charge < -0.3 is 0 Å². The van der Waals surface area contributed by atoms with Gasteiger partial charge in [0.2, 0.25) is 23.6 Å². The molecule has 4 bridgehead atoms. The molecule has 0 N–H and O–H groups in total. The van der Waals surface area contributed by atoms with Gasteiger partial charge in [-0.05, 0) is 48.6 Å². The fourth-order valence-corrected chi connectivity index (χ4v) is 7.12. The Morgan fingerprint density at radius 3 is 1.13 bits per heavy atom. The zero-order valence-electron chi connectivity index (χ0n) is 16.2. The molecule has 6 aliphatic rings. The lowest BCUT2D eigenvalue weighted by Gasteiger charge is -2.25. The second-order valence-corrected chi connectivity index (χ2v) is 9.51. The molecule has 4 fully saturated rings. The number of fused-ring (bicyclic) bond motifs is 10. The monoisotopic (exact) mass is 400 g/mol. The molecular formula is C24H20N2O4. The Morgan fingerprint density at radius 1 is 0.533 bits per heavy atom. The highest BCUT2D eigenvalue weighted by Gasteiger charge is 2.62. The maximum Gasteiger partial charge on any atom is 0.238 e. The van der Waals surface area contributed by atoms with E-state index >= 15 is 0 Å². The molecule has 4 aliphatic carbocycles. The summed E-state index contributed by atoms with van der Waals surface area (Å²) in [6, 6.07) is 6.86. The molecule has 2 aliphatic heterocycles. The van der Waals surface area contributed by atoms with Crippen LogP contribution in [0, 0.1) is 47.3 Å². The van der Waals surface area contributed by atoms with E-state index in [0.717, 1.165) is 12.8 Å². The summed E-state index contributed by atoms with van der Waals surface area (Å²) in [5.41, 5.74) is 0.728. The van der Waals surface area contributed by atoms with Crippen molar-refractivity contribution in [2.45, 2.75) is 12.8 Å². The summed E-state index contributed by atoms with van der Waals surface area (Å²) in [6.45, 7) is 0. The van der Waals surface area contributed by atoms with Crippen molar-refractivity contribution in [3.63, 3.8) is 0 Å². The Kier molecular flexibility index (Phi) is 2.99. The van der Waals surface area contributed by atoms with E-state index in [9.17, 15) is 19.2 Å². The van der Waals surface area contributed by atoms with Crippen LogP contribution in [0.3, 0.4) is 0 Å². The quantitative estimate of drug-likeness (QED) is 0.564. The van der Waals surface area contributed by atoms with Crippen molar-refractivity contribution >= 4 is 35.0 Å². The summed E-state index contributed by atoms with van der Waals surface area (Å²) in [5.74, 6) is -1.59. The fraction of sp³-hybridized carbons (Fsp3) is 0.417. The molecule has 30 heavy (non-hydrogen) atoms. The van der Waals surface area contributed by atoms with E-state index in [1.54, 1.807) is 24.3 Å². The SMILES string of the molecule is O=C1[C@@H]2[C@@H](C(=O)N1c1ccccc1N1C(=O)[C@@H]3[C@H](C1=O)[C@H]1C=C[C@H]3C1)[C@H]1C=C[C@H]2C1. The van der Waals surface area contributed by atoms with Crippen LogP contribution < -0.4 is 9.80 Å². The molecule has 1 aromatic carbocycles. The van der Waals surface area contributed by atoms with Crippen molar-refractivity contribution in [1.82, 2.24) is 0 Å². The first kappa shape index (κ1) is 16.7. The predicted molar refractivity (Wildman–Crippen MR) is 107 cm³/mol. The summed E-state index contributed by atoms with van der Waals surface area (Å²) in [4.78, 5) is 55.7. The van der Waals surface area contributed by atoms with Crippen molar-refractivity contribution in [2.75, 3.05) is 9.80 Å². The molecule has 0 radical (unpaired) electrons. The van der Waals surface area contributed by atoms with Crippen molar-refractivity contribution < 1.29 is 19.2 Å². The first-order valence-electron chi connectivity index (χ1n) is 10.8. The van der Waals surface area contributed by atoms with E-state index in [4.69, 9.17) is 0 Å². The number of nitrogens with zero attached hydrogens (tertiary/aromatic N) is 2. The summed E-state index contributed by atoms with van der Waals surface area (Å²) in [5, 5.41) is 0. The lowest BCUT2D eigenvalue weighted by molar-refractivity contribution is -0.125. The van der Waals surface area contributed by atoms with Crippen molar-refractivity contribution in [2.24, 2.45) is 47.3 Å². The van der Waals surface area contributed by atoms with Gasteiger partial charge in [0.15, 0.2) is 0 Å². The number of para-hydroxylation sites is 2. The number of amides is 4. The van der Waals surface area contributed by atoms with Crippen LogP contribution in [0.5, 0.6) is 0 Å². The minimum atomic E-state index is -0.315. The van der Waals surface area contributed by atoms with Crippen LogP contribution >= 0.6 is 0 Å². The molecule has 6 nitrogen and oxygen atoms in total. The van der Waals surface area contributed by atoms with Gasteiger partial charge in [-0.15, -0.1) is 0 Å². The first-order chi connectivity index (χ1) is 14.6. The fourth-order valence-electron chi connectivity index (χ4n) is 7.12. The van der Waals surface area contributed by atoms with Gasteiger partial charge in [0.05, 0.1) is 35.0 Å². The van der Waals surface area contributed by atoms with E-state index in [1.165, 1.54) is 9.80 Å². The average Bonchev–Trinajstić information content (AvgIpc) is 3.56. The molecule has 2 saturated carbocycles. The Balaban J connectivity index is 1.30.